The predicted molar refractivity (Wildman–Crippen MR) is 88.5 cm³/mol. The standard InChI is InChI=1S/C16H14F2N3O4S.Na/c1-24-14-9(7-22)4-5-19-13(14)8-26(23)16-20-11-3-2-10(25-15(17)18)6-12(11)21-16;/h2-6,15,22H,7-8H2,1H3;/q-1;+1. The van der Waals surface area contributed by atoms with Gasteiger partial charge in [0.2, 0.25) is 0 Å². The molecule has 2 heterocycles. The average Bonchev–Trinajstić information content (AvgIpc) is 3.04. The van der Waals surface area contributed by atoms with Crippen LogP contribution in [-0.2, 0) is 23.2 Å². The summed E-state index contributed by atoms with van der Waals surface area (Å²) >= 11 is 0. The molecule has 7 nitrogen and oxygen atoms in total. The van der Waals surface area contributed by atoms with Crippen LogP contribution in [0.15, 0.2) is 35.6 Å². The molecule has 0 fully saturated rings. The van der Waals surface area contributed by atoms with Crippen molar-refractivity contribution in [3.05, 3.63) is 41.7 Å². The van der Waals surface area contributed by atoms with Crippen molar-refractivity contribution in [2.45, 2.75) is 24.1 Å². The van der Waals surface area contributed by atoms with Crippen molar-refractivity contribution in [2.75, 3.05) is 7.11 Å². The molecule has 2 aromatic heterocycles. The number of rotatable bonds is 7. The maximum atomic E-state index is 12.6. The average molecular weight is 405 g/mol. The quantitative estimate of drug-likeness (QED) is 0.504. The second-order valence-corrected chi connectivity index (χ2v) is 6.48. The van der Waals surface area contributed by atoms with Crippen LogP contribution in [0.1, 0.15) is 11.3 Å². The predicted octanol–water partition coefficient (Wildman–Crippen LogP) is -0.999. The fourth-order valence-electron chi connectivity index (χ4n) is 2.40. The number of hydrogen-bond donors (Lipinski definition) is 1. The summed E-state index contributed by atoms with van der Waals surface area (Å²) in [6.45, 7) is -3.18. The molecule has 0 saturated carbocycles. The second-order valence-electron chi connectivity index (χ2n) is 5.13. The van der Waals surface area contributed by atoms with Gasteiger partial charge in [-0.25, -0.2) is 0 Å². The number of aromatic nitrogens is 3. The molecule has 0 saturated heterocycles. The first kappa shape index (κ1) is 21.7. The van der Waals surface area contributed by atoms with Gasteiger partial charge in [-0.3, -0.25) is 9.19 Å². The van der Waals surface area contributed by atoms with E-state index in [9.17, 15) is 18.1 Å². The normalized spacial score (nSPS) is 12.0. The Bertz CT molecular complexity index is 955. The number of hydrogen-bond acceptors (Lipinski definition) is 6. The first-order valence-corrected chi connectivity index (χ1v) is 8.73. The first-order chi connectivity index (χ1) is 12.5. The minimum absolute atomic E-state index is 0. The van der Waals surface area contributed by atoms with Crippen LogP contribution in [0.3, 0.4) is 0 Å². The van der Waals surface area contributed by atoms with Gasteiger partial charge >= 0.3 is 36.2 Å². The van der Waals surface area contributed by atoms with Gasteiger partial charge in [0, 0.05) is 16.9 Å². The summed E-state index contributed by atoms with van der Waals surface area (Å²) in [5.41, 5.74) is 1.64. The van der Waals surface area contributed by atoms with Gasteiger partial charge in [0.05, 0.1) is 36.0 Å². The Hall–Kier alpha value is -1.59. The van der Waals surface area contributed by atoms with E-state index in [1.54, 1.807) is 6.07 Å². The Balaban J connectivity index is 0.00000261. The molecule has 1 aromatic carbocycles. The Morgan fingerprint density at radius 2 is 2.11 bits per heavy atom. The zero-order valence-electron chi connectivity index (χ0n) is 14.6. The van der Waals surface area contributed by atoms with E-state index in [0.717, 1.165) is 0 Å². The van der Waals surface area contributed by atoms with Crippen LogP contribution in [-0.4, -0.2) is 33.0 Å². The topological polar surface area (TPSA) is 95.6 Å². The molecule has 0 aliphatic heterocycles. The van der Waals surface area contributed by atoms with E-state index in [-0.39, 0.29) is 52.8 Å². The van der Waals surface area contributed by atoms with Crippen molar-refractivity contribution in [1.82, 2.24) is 15.0 Å². The van der Waals surface area contributed by atoms with E-state index in [0.29, 0.717) is 28.0 Å². The van der Waals surface area contributed by atoms with Crippen molar-refractivity contribution in [1.29, 1.82) is 0 Å². The van der Waals surface area contributed by atoms with Crippen molar-refractivity contribution in [3.63, 3.8) is 0 Å². The number of pyridine rings is 1. The Labute approximate surface area is 177 Å². The Kier molecular flexibility index (Phi) is 7.68. The SMILES string of the molecule is COc1c(CO)ccnc1CS(=O)c1nc2cc(OC(F)F)ccc2[n-]1.[Na+]. The molecular formula is C16H14F2N3NaO4S. The second kappa shape index (κ2) is 9.56. The number of imidazole rings is 1. The molecule has 1 unspecified atom stereocenters. The van der Waals surface area contributed by atoms with Crippen molar-refractivity contribution in [2.24, 2.45) is 0 Å². The summed E-state index contributed by atoms with van der Waals surface area (Å²) < 4.78 is 46.7. The van der Waals surface area contributed by atoms with E-state index < -0.39 is 17.4 Å². The van der Waals surface area contributed by atoms with Gasteiger partial charge in [0.25, 0.3) is 0 Å². The van der Waals surface area contributed by atoms with Crippen LogP contribution in [0.2, 0.25) is 0 Å². The molecule has 138 valence electrons. The van der Waals surface area contributed by atoms with Gasteiger partial charge in [0.15, 0.2) is 0 Å². The third-order valence-electron chi connectivity index (χ3n) is 3.51. The molecular weight excluding hydrogens is 391 g/mol. The molecule has 0 aliphatic carbocycles. The van der Waals surface area contributed by atoms with Gasteiger partial charge in [-0.1, -0.05) is 6.07 Å². The van der Waals surface area contributed by atoms with Gasteiger partial charge in [-0.2, -0.15) is 8.78 Å². The molecule has 3 aromatic rings. The maximum Gasteiger partial charge on any atom is 1.00 e. The van der Waals surface area contributed by atoms with Crippen LogP contribution in [0.4, 0.5) is 8.78 Å². The number of halogens is 2. The third kappa shape index (κ3) is 5.02. The molecule has 0 bridgehead atoms. The number of alkyl halides is 2. The Morgan fingerprint density at radius 3 is 2.78 bits per heavy atom. The van der Waals surface area contributed by atoms with Crippen LogP contribution in [0, 0.1) is 0 Å². The summed E-state index contributed by atoms with van der Waals surface area (Å²) in [6.07, 6.45) is 1.48. The number of aliphatic hydroxyl groups excluding tert-OH is 1. The minimum Gasteiger partial charge on any atom is -0.494 e. The van der Waals surface area contributed by atoms with Crippen LogP contribution in [0.25, 0.3) is 11.0 Å². The summed E-state index contributed by atoms with van der Waals surface area (Å²) in [4.78, 5) is 12.4. The maximum absolute atomic E-state index is 12.6. The number of ether oxygens (including phenoxy) is 2. The zero-order chi connectivity index (χ0) is 18.7. The number of fused-ring (bicyclic) bond motifs is 1. The largest absolute Gasteiger partial charge is 1.00 e. The third-order valence-corrected chi connectivity index (χ3v) is 4.64. The minimum atomic E-state index is -2.94. The summed E-state index contributed by atoms with van der Waals surface area (Å²) in [5, 5.41) is 9.38. The van der Waals surface area contributed by atoms with Crippen LogP contribution < -0.4 is 44.0 Å². The molecule has 0 radical (unpaired) electrons. The van der Waals surface area contributed by atoms with Gasteiger partial charge < -0.3 is 24.5 Å². The zero-order valence-corrected chi connectivity index (χ0v) is 17.4. The molecule has 0 amide bonds. The smallest absolute Gasteiger partial charge is 0.494 e. The van der Waals surface area contributed by atoms with E-state index >= 15 is 0 Å². The molecule has 0 aliphatic rings. The molecule has 3 rings (SSSR count). The van der Waals surface area contributed by atoms with E-state index in [1.165, 1.54) is 31.5 Å². The number of benzene rings is 1. The molecule has 0 spiro atoms. The number of methoxy groups -OCH3 is 1. The first-order valence-electron chi connectivity index (χ1n) is 7.41. The van der Waals surface area contributed by atoms with Gasteiger partial charge in [-0.15, -0.1) is 0 Å². The van der Waals surface area contributed by atoms with E-state index in [4.69, 9.17) is 4.74 Å². The molecule has 1 atom stereocenters. The fraction of sp³-hybridized carbons (Fsp3) is 0.250. The van der Waals surface area contributed by atoms with Crippen molar-refractivity contribution >= 4 is 21.8 Å². The summed E-state index contributed by atoms with van der Waals surface area (Å²) in [5.74, 6) is 0.282. The summed E-state index contributed by atoms with van der Waals surface area (Å²) in [7, 11) is -0.211. The number of nitrogens with zero attached hydrogens (tertiary/aromatic N) is 3. The van der Waals surface area contributed by atoms with Gasteiger partial charge in [0.1, 0.15) is 11.5 Å². The monoisotopic (exact) mass is 405 g/mol. The Morgan fingerprint density at radius 1 is 1.33 bits per heavy atom. The summed E-state index contributed by atoms with van der Waals surface area (Å²) in [6, 6.07) is 5.71. The molecule has 1 N–H and O–H groups in total. The number of aliphatic hydroxyl groups is 1. The van der Waals surface area contributed by atoms with Gasteiger partial charge in [-0.05, 0) is 29.2 Å². The van der Waals surface area contributed by atoms with Crippen molar-refractivity contribution in [3.8, 4) is 11.5 Å². The van der Waals surface area contributed by atoms with Crippen LogP contribution in [0.5, 0.6) is 11.5 Å². The molecule has 11 heteroatoms. The van der Waals surface area contributed by atoms with E-state index in [1.807, 2.05) is 0 Å². The van der Waals surface area contributed by atoms with E-state index in [2.05, 4.69) is 19.7 Å². The fourth-order valence-corrected chi connectivity index (χ4v) is 3.38. The van der Waals surface area contributed by atoms with Crippen LogP contribution >= 0.6 is 0 Å². The van der Waals surface area contributed by atoms with Crippen molar-refractivity contribution < 1.29 is 57.1 Å². The molecule has 27 heavy (non-hydrogen) atoms.